The Kier molecular flexibility index (Phi) is 5.40. The van der Waals surface area contributed by atoms with Crippen LogP contribution in [0.4, 0.5) is 5.69 Å². The van der Waals surface area contributed by atoms with Gasteiger partial charge in [-0.15, -0.1) is 0 Å². The van der Waals surface area contributed by atoms with E-state index in [1.165, 1.54) is 0 Å². The van der Waals surface area contributed by atoms with Crippen molar-refractivity contribution in [2.75, 3.05) is 31.1 Å². The smallest absolute Gasteiger partial charge is 0.263 e. The normalized spacial score (nSPS) is 15.5. The second-order valence-electron chi connectivity index (χ2n) is 7.06. The van der Waals surface area contributed by atoms with E-state index in [0.717, 1.165) is 40.3 Å². The first-order valence-corrected chi connectivity index (χ1v) is 9.93. The number of hydrogen-bond acceptors (Lipinski definition) is 3. The van der Waals surface area contributed by atoms with Gasteiger partial charge in [0.15, 0.2) is 6.10 Å². The number of nitrogens with zero attached hydrogens (tertiary/aromatic N) is 2. The molecular formula is C23H23ClN2O2. The van der Waals surface area contributed by atoms with Crippen molar-refractivity contribution in [2.45, 2.75) is 13.0 Å². The van der Waals surface area contributed by atoms with E-state index in [9.17, 15) is 4.79 Å². The van der Waals surface area contributed by atoms with E-state index in [1.54, 1.807) is 0 Å². The first-order chi connectivity index (χ1) is 13.6. The molecule has 28 heavy (non-hydrogen) atoms. The van der Waals surface area contributed by atoms with E-state index >= 15 is 0 Å². The van der Waals surface area contributed by atoms with Crippen LogP contribution in [0, 0.1) is 0 Å². The van der Waals surface area contributed by atoms with Crippen LogP contribution in [0.3, 0.4) is 0 Å². The zero-order valence-electron chi connectivity index (χ0n) is 15.8. The lowest BCUT2D eigenvalue weighted by molar-refractivity contribution is -0.138. The number of halogens is 1. The van der Waals surface area contributed by atoms with Crippen LogP contribution in [-0.2, 0) is 4.79 Å². The SMILES string of the molecule is C[C@@H](Oc1ccc2ccccc2c1)C(=O)N1CCN(c2ccc(Cl)cc2)CC1. The molecule has 0 aliphatic carbocycles. The summed E-state index contributed by atoms with van der Waals surface area (Å²) in [7, 11) is 0. The minimum absolute atomic E-state index is 0.0314. The number of piperazine rings is 1. The van der Waals surface area contributed by atoms with Gasteiger partial charge in [-0.3, -0.25) is 4.79 Å². The number of amides is 1. The summed E-state index contributed by atoms with van der Waals surface area (Å²) in [4.78, 5) is 17.0. The second kappa shape index (κ2) is 8.11. The van der Waals surface area contributed by atoms with Gasteiger partial charge in [0.05, 0.1) is 0 Å². The van der Waals surface area contributed by atoms with E-state index in [1.807, 2.05) is 72.5 Å². The summed E-state index contributed by atoms with van der Waals surface area (Å²) in [6.07, 6.45) is -0.511. The number of benzene rings is 3. The Hall–Kier alpha value is -2.72. The van der Waals surface area contributed by atoms with Gasteiger partial charge in [0.2, 0.25) is 0 Å². The molecule has 3 aromatic rings. The maximum Gasteiger partial charge on any atom is 0.263 e. The zero-order chi connectivity index (χ0) is 19.5. The standard InChI is InChI=1S/C23H23ClN2O2/c1-17(28-22-11-6-18-4-2-3-5-19(18)16-22)23(27)26-14-12-25(13-15-26)21-9-7-20(24)8-10-21/h2-11,16-17H,12-15H2,1H3/t17-/m1/s1. The van der Waals surface area contributed by atoms with Crippen LogP contribution in [0.15, 0.2) is 66.7 Å². The lowest BCUT2D eigenvalue weighted by atomic mass is 10.1. The van der Waals surface area contributed by atoms with Gasteiger partial charge < -0.3 is 14.5 Å². The predicted octanol–water partition coefficient (Wildman–Crippen LogP) is 4.61. The molecular weight excluding hydrogens is 372 g/mol. The van der Waals surface area contributed by atoms with Gasteiger partial charge in [-0.2, -0.15) is 0 Å². The number of carbonyl (C=O) groups excluding carboxylic acids is 1. The molecule has 0 spiro atoms. The third kappa shape index (κ3) is 4.07. The Balaban J connectivity index is 1.35. The summed E-state index contributed by atoms with van der Waals surface area (Å²) in [6, 6.07) is 21.9. The van der Waals surface area contributed by atoms with Crippen molar-refractivity contribution in [3.8, 4) is 5.75 Å². The van der Waals surface area contributed by atoms with Crippen LogP contribution >= 0.6 is 11.6 Å². The topological polar surface area (TPSA) is 32.8 Å². The van der Waals surface area contributed by atoms with Gasteiger partial charge in [-0.1, -0.05) is 41.9 Å². The molecule has 4 rings (SSSR count). The van der Waals surface area contributed by atoms with Crippen molar-refractivity contribution in [2.24, 2.45) is 0 Å². The number of ether oxygens (including phenoxy) is 1. The van der Waals surface area contributed by atoms with E-state index in [0.29, 0.717) is 13.1 Å². The molecule has 1 heterocycles. The Morgan fingerprint density at radius 3 is 2.32 bits per heavy atom. The van der Waals surface area contributed by atoms with Gasteiger partial charge in [-0.05, 0) is 54.1 Å². The van der Waals surface area contributed by atoms with Gasteiger partial charge in [0, 0.05) is 36.9 Å². The number of fused-ring (bicyclic) bond motifs is 1. The third-order valence-corrected chi connectivity index (χ3v) is 5.42. The zero-order valence-corrected chi connectivity index (χ0v) is 16.6. The summed E-state index contributed by atoms with van der Waals surface area (Å²) in [6.45, 7) is 4.80. The van der Waals surface area contributed by atoms with E-state index in [2.05, 4.69) is 11.0 Å². The summed E-state index contributed by atoms with van der Waals surface area (Å²) in [5, 5.41) is 3.00. The van der Waals surface area contributed by atoms with E-state index < -0.39 is 6.10 Å². The van der Waals surface area contributed by atoms with Crippen molar-refractivity contribution in [1.29, 1.82) is 0 Å². The molecule has 144 valence electrons. The molecule has 1 saturated heterocycles. The third-order valence-electron chi connectivity index (χ3n) is 5.16. The molecule has 1 atom stereocenters. The van der Waals surface area contributed by atoms with Gasteiger partial charge in [-0.25, -0.2) is 0 Å². The van der Waals surface area contributed by atoms with Gasteiger partial charge in [0.1, 0.15) is 5.75 Å². The van der Waals surface area contributed by atoms with E-state index in [4.69, 9.17) is 16.3 Å². The molecule has 1 aliphatic rings. The van der Waals surface area contributed by atoms with Crippen molar-refractivity contribution in [3.05, 3.63) is 71.8 Å². The Labute approximate surface area is 170 Å². The van der Waals surface area contributed by atoms with Crippen LogP contribution in [0.5, 0.6) is 5.75 Å². The van der Waals surface area contributed by atoms with Gasteiger partial charge in [0.25, 0.3) is 5.91 Å². The Morgan fingerprint density at radius 2 is 1.61 bits per heavy atom. The minimum Gasteiger partial charge on any atom is -0.481 e. The van der Waals surface area contributed by atoms with Crippen LogP contribution in [-0.4, -0.2) is 43.1 Å². The first kappa shape index (κ1) is 18.6. The number of anilines is 1. The van der Waals surface area contributed by atoms with E-state index in [-0.39, 0.29) is 5.91 Å². The molecule has 3 aromatic carbocycles. The minimum atomic E-state index is -0.511. The summed E-state index contributed by atoms with van der Waals surface area (Å²) < 4.78 is 5.94. The highest BCUT2D eigenvalue weighted by atomic mass is 35.5. The molecule has 0 bridgehead atoms. The monoisotopic (exact) mass is 394 g/mol. The fraction of sp³-hybridized carbons (Fsp3) is 0.261. The van der Waals surface area contributed by atoms with Crippen molar-refractivity contribution in [3.63, 3.8) is 0 Å². The van der Waals surface area contributed by atoms with Crippen LogP contribution in [0.2, 0.25) is 5.02 Å². The fourth-order valence-corrected chi connectivity index (χ4v) is 3.72. The predicted molar refractivity (Wildman–Crippen MR) is 114 cm³/mol. The molecule has 0 N–H and O–H groups in total. The van der Waals surface area contributed by atoms with Crippen LogP contribution < -0.4 is 9.64 Å². The fourth-order valence-electron chi connectivity index (χ4n) is 3.59. The number of hydrogen-bond donors (Lipinski definition) is 0. The summed E-state index contributed by atoms with van der Waals surface area (Å²) >= 11 is 5.96. The van der Waals surface area contributed by atoms with Crippen molar-refractivity contribution >= 4 is 34.0 Å². The summed E-state index contributed by atoms with van der Waals surface area (Å²) in [5.74, 6) is 0.753. The molecule has 5 heteroatoms. The average Bonchev–Trinajstić information content (AvgIpc) is 2.74. The lowest BCUT2D eigenvalue weighted by Gasteiger charge is -2.37. The highest BCUT2D eigenvalue weighted by molar-refractivity contribution is 6.30. The molecule has 0 unspecified atom stereocenters. The lowest BCUT2D eigenvalue weighted by Crippen LogP contribution is -2.52. The molecule has 1 fully saturated rings. The largest absolute Gasteiger partial charge is 0.481 e. The quantitative estimate of drug-likeness (QED) is 0.647. The molecule has 1 aliphatic heterocycles. The Bertz CT molecular complexity index is 966. The Morgan fingerprint density at radius 1 is 0.929 bits per heavy atom. The first-order valence-electron chi connectivity index (χ1n) is 9.55. The molecule has 1 amide bonds. The maximum atomic E-state index is 12.8. The van der Waals surface area contributed by atoms with Crippen molar-refractivity contribution < 1.29 is 9.53 Å². The van der Waals surface area contributed by atoms with Gasteiger partial charge >= 0.3 is 0 Å². The summed E-state index contributed by atoms with van der Waals surface area (Å²) in [5.41, 5.74) is 1.14. The van der Waals surface area contributed by atoms with Crippen LogP contribution in [0.1, 0.15) is 6.92 Å². The molecule has 0 saturated carbocycles. The number of carbonyl (C=O) groups is 1. The molecule has 4 nitrogen and oxygen atoms in total. The second-order valence-corrected chi connectivity index (χ2v) is 7.49. The maximum absolute atomic E-state index is 12.8. The average molecular weight is 395 g/mol. The molecule has 0 radical (unpaired) electrons. The van der Waals surface area contributed by atoms with Crippen LogP contribution in [0.25, 0.3) is 10.8 Å². The highest BCUT2D eigenvalue weighted by Gasteiger charge is 2.26. The van der Waals surface area contributed by atoms with Crippen molar-refractivity contribution in [1.82, 2.24) is 4.90 Å². The highest BCUT2D eigenvalue weighted by Crippen LogP contribution is 2.23. The number of rotatable bonds is 4. The molecule has 0 aromatic heterocycles.